The lowest BCUT2D eigenvalue weighted by Gasteiger charge is -2.32. The molecule has 6 aromatic rings. The highest BCUT2D eigenvalue weighted by atomic mass is 19.3. The van der Waals surface area contributed by atoms with Crippen molar-refractivity contribution >= 4 is 0 Å². The van der Waals surface area contributed by atoms with Crippen molar-refractivity contribution in [2.45, 2.75) is 89.4 Å². The van der Waals surface area contributed by atoms with Crippen molar-refractivity contribution in [2.75, 3.05) is 0 Å². The third-order valence-corrected chi connectivity index (χ3v) is 14.9. The minimum Gasteiger partial charge on any atom is -0.457 e. The van der Waals surface area contributed by atoms with Crippen molar-refractivity contribution in [3.63, 3.8) is 0 Å². The summed E-state index contributed by atoms with van der Waals surface area (Å²) in [5, 5.41) is 56.9. The maximum atomic E-state index is 14.5. The van der Waals surface area contributed by atoms with Crippen LogP contribution < -0.4 is 14.2 Å². The predicted molar refractivity (Wildman–Crippen MR) is 237 cm³/mol. The van der Waals surface area contributed by atoms with Crippen molar-refractivity contribution in [2.24, 2.45) is 0 Å². The van der Waals surface area contributed by atoms with Crippen molar-refractivity contribution in [1.29, 1.82) is 15.8 Å². The molecule has 6 aliphatic rings. The smallest absolute Gasteiger partial charge is 0.349 e. The summed E-state index contributed by atoms with van der Waals surface area (Å²) in [6.45, 7) is 0. The van der Waals surface area contributed by atoms with Gasteiger partial charge in [-0.25, -0.2) is 39.5 Å². The van der Waals surface area contributed by atoms with Crippen LogP contribution in [0.4, 0.5) is 92.2 Å². The zero-order valence-corrected chi connectivity index (χ0v) is 40.5. The number of aliphatic hydroxyl groups is 3. The van der Waals surface area contributed by atoms with Crippen LogP contribution in [0.5, 0.6) is 34.5 Å². The summed E-state index contributed by atoms with van der Waals surface area (Å²) in [5.41, 5.74) is -23.9. The molecule has 6 aromatic carbocycles. The number of rotatable bonds is 6. The molecule has 0 heterocycles. The second kappa shape index (κ2) is 18.5. The first-order chi connectivity index (χ1) is 38.9. The third kappa shape index (κ3) is 7.42. The van der Waals surface area contributed by atoms with Crippen LogP contribution in [0.25, 0.3) is 0 Å². The predicted octanol–water partition coefficient (Wildman–Crippen LogP) is 14.3. The fourth-order valence-electron chi connectivity index (χ4n) is 11.0. The van der Waals surface area contributed by atoms with Gasteiger partial charge in [-0.15, -0.1) is 0 Å². The van der Waals surface area contributed by atoms with E-state index in [0.29, 0.717) is 36.4 Å². The summed E-state index contributed by atoms with van der Waals surface area (Å²) in [5.74, 6) is -36.6. The van der Waals surface area contributed by atoms with Gasteiger partial charge in [-0.3, -0.25) is 0 Å². The van der Waals surface area contributed by atoms with E-state index in [0.717, 1.165) is 54.6 Å². The number of nitriles is 3. The van der Waals surface area contributed by atoms with E-state index in [1.807, 2.05) is 0 Å². The average molecular weight is 1210 g/mol. The molecule has 0 aliphatic heterocycles. The molecule has 12 rings (SSSR count). The van der Waals surface area contributed by atoms with Gasteiger partial charge in [-0.1, -0.05) is 0 Å². The number of ether oxygens (including phenoxy) is 3. The molecule has 0 bridgehead atoms. The van der Waals surface area contributed by atoms with E-state index in [-0.39, 0.29) is 33.9 Å². The van der Waals surface area contributed by atoms with Crippen LogP contribution in [-0.4, -0.2) is 51.6 Å². The molecule has 0 spiro atoms. The van der Waals surface area contributed by atoms with Crippen LogP contribution in [0.1, 0.15) is 85.3 Å². The number of nitrogens with zero attached hydrogens (tertiary/aromatic N) is 3. The topological polar surface area (TPSA) is 160 Å². The van der Waals surface area contributed by atoms with Gasteiger partial charge in [-0.05, 0) is 72.8 Å². The molecule has 0 amide bonds. The fraction of sp³-hybridized carbons (Fsp3) is 0.278. The molecule has 3 N–H and O–H groups in total. The lowest BCUT2D eigenvalue weighted by Crippen LogP contribution is -2.53. The Morgan fingerprint density at radius 2 is 0.583 bits per heavy atom. The van der Waals surface area contributed by atoms with Gasteiger partial charge in [0.15, 0.2) is 53.8 Å². The van der Waals surface area contributed by atoms with Gasteiger partial charge in [0, 0.05) is 68.3 Å². The highest BCUT2D eigenvalue weighted by Gasteiger charge is 2.85. The van der Waals surface area contributed by atoms with E-state index in [1.54, 1.807) is 18.2 Å². The van der Waals surface area contributed by atoms with E-state index in [2.05, 4.69) is 0 Å². The maximum absolute atomic E-state index is 14.5. The van der Waals surface area contributed by atoms with Gasteiger partial charge < -0.3 is 29.5 Å². The lowest BCUT2D eigenvalue weighted by atomic mass is 9.93. The fourth-order valence-corrected chi connectivity index (χ4v) is 11.0. The van der Waals surface area contributed by atoms with Gasteiger partial charge in [0.1, 0.15) is 51.9 Å². The largest absolute Gasteiger partial charge is 0.457 e. The first kappa shape index (κ1) is 58.8. The molecule has 0 radical (unpaired) electrons. The van der Waals surface area contributed by atoms with Crippen LogP contribution >= 0.6 is 0 Å². The molecule has 9 atom stereocenters. The number of hydrogen-bond acceptors (Lipinski definition) is 9. The highest BCUT2D eigenvalue weighted by molar-refractivity contribution is 5.65. The Morgan fingerprint density at radius 3 is 0.798 bits per heavy atom. The summed E-state index contributed by atoms with van der Waals surface area (Å²) in [4.78, 5) is 0. The molecular formula is C54H24F21N3O6. The minimum absolute atomic E-state index is 0.192. The molecule has 30 heteroatoms. The Hall–Kier alpha value is -8.40. The van der Waals surface area contributed by atoms with Crippen LogP contribution in [0, 0.1) is 51.4 Å². The number of benzene rings is 6. The molecule has 0 aromatic heterocycles. The Morgan fingerprint density at radius 1 is 0.357 bits per heavy atom. The first-order valence-electron chi connectivity index (χ1n) is 23.4. The summed E-state index contributed by atoms with van der Waals surface area (Å²) >= 11 is 0. The van der Waals surface area contributed by atoms with E-state index in [9.17, 15) is 108 Å². The van der Waals surface area contributed by atoms with E-state index >= 15 is 0 Å². The first-order valence-corrected chi connectivity index (χ1v) is 23.4. The molecule has 84 heavy (non-hydrogen) atoms. The van der Waals surface area contributed by atoms with Crippen molar-refractivity contribution < 1.29 is 122 Å². The standard InChI is InChI=1S/3C18H8F7NO2/c3*19-8-3-7(6-26)4-9(5-8)28-11-2-1-10-13-12(11)14(20)15(21)16(13,27)18(24,25)17(10,22)23/h3*1-5,14-15,27H/t14?,15-,16-;14-,15+,16+;14-,15-,16-/m010/s1. The molecule has 9 nitrogen and oxygen atoms in total. The van der Waals surface area contributed by atoms with E-state index in [4.69, 9.17) is 30.0 Å². The summed E-state index contributed by atoms with van der Waals surface area (Å²) in [6.07, 6.45) is -18.8. The van der Waals surface area contributed by atoms with Crippen LogP contribution in [0.3, 0.4) is 0 Å². The summed E-state index contributed by atoms with van der Waals surface area (Å²) < 4.78 is 312. The molecular weight excluding hydrogens is 1190 g/mol. The Bertz CT molecular complexity index is 3540. The van der Waals surface area contributed by atoms with Gasteiger partial charge >= 0.3 is 35.5 Å². The van der Waals surface area contributed by atoms with Crippen molar-refractivity contribution in [1.82, 2.24) is 0 Å². The second-order valence-corrected chi connectivity index (χ2v) is 19.5. The SMILES string of the molecule is N#Cc1cc(F)cc(Oc2ccc3c4c2C(F)[C@H](F)[C@]4(O)C(F)(F)C3(F)F)c1.N#Cc1cc(F)cc(Oc2ccc3c4c2[C@@H](F)[C@H](F)[C@]4(O)C(F)(F)C3(F)F)c1.N#Cc1cc(F)cc(Oc2ccc3c4c2[C@H](F)[C@H](F)[C@]4(O)C(F)(F)C3(F)F)c1. The molecule has 0 saturated carbocycles. The van der Waals surface area contributed by atoms with E-state index in [1.165, 1.54) is 0 Å². The minimum atomic E-state index is -5.30. The van der Waals surface area contributed by atoms with Gasteiger partial charge in [0.2, 0.25) is 0 Å². The number of alkyl halides is 18. The van der Waals surface area contributed by atoms with Crippen LogP contribution in [-0.2, 0) is 34.6 Å². The lowest BCUT2D eigenvalue weighted by molar-refractivity contribution is -0.302. The van der Waals surface area contributed by atoms with Crippen LogP contribution in [0.15, 0.2) is 91.0 Å². The normalized spacial score (nSPS) is 28.7. The molecule has 1 unspecified atom stereocenters. The van der Waals surface area contributed by atoms with Crippen molar-refractivity contribution in [3.8, 4) is 52.7 Å². The molecule has 0 fully saturated rings. The molecule has 438 valence electrons. The summed E-state index contributed by atoms with van der Waals surface area (Å²) in [6, 6.07) is 16.3. The Kier molecular flexibility index (Phi) is 13.0. The Balaban J connectivity index is 0.000000140. The second-order valence-electron chi connectivity index (χ2n) is 19.5. The van der Waals surface area contributed by atoms with Gasteiger partial charge in [0.05, 0.1) is 34.9 Å². The number of hydrogen-bond donors (Lipinski definition) is 3. The Labute approximate surface area is 454 Å². The molecule has 0 saturated heterocycles. The van der Waals surface area contributed by atoms with Crippen LogP contribution in [0.2, 0.25) is 0 Å². The van der Waals surface area contributed by atoms with E-state index < -0.39 is 174 Å². The maximum Gasteiger partial charge on any atom is 0.349 e. The van der Waals surface area contributed by atoms with Gasteiger partial charge in [-0.2, -0.15) is 68.5 Å². The highest BCUT2D eigenvalue weighted by Crippen LogP contribution is 2.72. The quantitative estimate of drug-likeness (QED) is 0.138. The molecule has 6 aliphatic carbocycles. The van der Waals surface area contributed by atoms with Crippen molar-refractivity contribution in [3.05, 3.63) is 175 Å². The average Bonchev–Trinajstić information content (AvgIpc) is 1.53. The number of halogens is 21. The monoisotopic (exact) mass is 1210 g/mol. The summed E-state index contributed by atoms with van der Waals surface area (Å²) in [7, 11) is 0. The third-order valence-electron chi connectivity index (χ3n) is 14.9. The zero-order valence-electron chi connectivity index (χ0n) is 40.5. The zero-order chi connectivity index (χ0) is 61.9. The van der Waals surface area contributed by atoms with Gasteiger partial charge in [0.25, 0.3) is 0 Å².